The molecule has 10 heteroatoms. The topological polar surface area (TPSA) is 113 Å². The molecule has 10 nitrogen and oxygen atoms in total. The van der Waals surface area contributed by atoms with Crippen molar-refractivity contribution in [2.45, 2.75) is 101 Å². The summed E-state index contributed by atoms with van der Waals surface area (Å²) in [5.41, 5.74) is -4.59. The predicted molar refractivity (Wildman–Crippen MR) is 131 cm³/mol. The summed E-state index contributed by atoms with van der Waals surface area (Å²) in [6, 6.07) is -0.316. The van der Waals surface area contributed by atoms with Crippen LogP contribution in [0.4, 0.5) is 0 Å². The van der Waals surface area contributed by atoms with Crippen molar-refractivity contribution < 1.29 is 43.1 Å². The second kappa shape index (κ2) is 7.70. The number of carbonyl (C=O) groups is 2. The molecule has 0 amide bonds. The first-order valence-electron chi connectivity index (χ1n) is 14.2. The molecule has 2 heterocycles. The Morgan fingerprint density at radius 2 is 1.79 bits per heavy atom. The highest BCUT2D eigenvalue weighted by atomic mass is 16.7. The fourth-order valence-electron chi connectivity index (χ4n) is 11.8. The SMILES string of the molecule is CCN1C[C@]2(C)CCC(OC)C34[C@@H]1C1(OCO[C@@]15C[C@H](OC)[C@H]1C[C@]3(O)[C@@H]5C1OC(C)=O)C(OC(C)=O)[C@@H]42. The Kier molecular flexibility index (Phi) is 5.20. The van der Waals surface area contributed by atoms with Gasteiger partial charge in [0.2, 0.25) is 0 Å². The summed E-state index contributed by atoms with van der Waals surface area (Å²) in [5, 5.41) is 13.5. The van der Waals surface area contributed by atoms with Gasteiger partial charge < -0.3 is 33.5 Å². The largest absolute Gasteiger partial charge is 0.462 e. The first-order chi connectivity index (χ1) is 18.0. The fraction of sp³-hybridized carbons (Fsp3) is 0.929. The molecule has 0 aromatic rings. The van der Waals surface area contributed by atoms with Crippen LogP contribution < -0.4 is 0 Å². The number of aliphatic hydroxyl groups is 1. The van der Waals surface area contributed by atoms with Gasteiger partial charge in [-0.3, -0.25) is 14.5 Å². The molecule has 7 bridgehead atoms. The quantitative estimate of drug-likeness (QED) is 0.517. The number of hydrogen-bond donors (Lipinski definition) is 1. The van der Waals surface area contributed by atoms with Crippen molar-refractivity contribution in [3.63, 3.8) is 0 Å². The zero-order valence-electron chi connectivity index (χ0n) is 23.2. The van der Waals surface area contributed by atoms with E-state index in [4.69, 9.17) is 28.4 Å². The lowest BCUT2D eigenvalue weighted by Gasteiger charge is -2.71. The molecule has 0 aromatic heterocycles. The van der Waals surface area contributed by atoms with Crippen molar-refractivity contribution in [1.29, 1.82) is 0 Å². The van der Waals surface area contributed by atoms with E-state index in [2.05, 4.69) is 18.7 Å². The lowest BCUT2D eigenvalue weighted by Crippen LogP contribution is -2.85. The van der Waals surface area contributed by atoms with Crippen LogP contribution in [0, 0.1) is 28.6 Å². The Balaban J connectivity index is 1.60. The maximum absolute atomic E-state index is 13.5. The van der Waals surface area contributed by atoms with E-state index in [0.717, 1.165) is 25.9 Å². The molecule has 5 saturated carbocycles. The molecule has 7 aliphatic rings. The number of methoxy groups -OCH3 is 2. The predicted octanol–water partition coefficient (Wildman–Crippen LogP) is 1.27. The Morgan fingerprint density at radius 1 is 1.05 bits per heavy atom. The fourth-order valence-corrected chi connectivity index (χ4v) is 11.8. The van der Waals surface area contributed by atoms with Crippen molar-refractivity contribution in [3.8, 4) is 0 Å². The first-order valence-corrected chi connectivity index (χ1v) is 14.2. The van der Waals surface area contributed by atoms with Crippen LogP contribution in [0.1, 0.15) is 53.4 Å². The molecular weight excluding hydrogens is 494 g/mol. The summed E-state index contributed by atoms with van der Waals surface area (Å²) in [5.74, 6) is -1.78. The summed E-state index contributed by atoms with van der Waals surface area (Å²) in [7, 11) is 3.38. The van der Waals surface area contributed by atoms with Crippen LogP contribution in [0.15, 0.2) is 0 Å². The number of nitrogens with zero attached hydrogens (tertiary/aromatic N) is 1. The standard InChI is InChI=1S/C28H41NO9/c1-7-29-12-24(4)9-8-18(34-6)27-21(24)22(38-15(3)31)28(23(27)29)26(35-13-36-28)11-17(33-5)16-10-25(27,32)20(26)19(16)37-14(2)30/h16-23,32H,7-13H2,1-6H3/t16-,17+,18?,19?,20+,21-,22?,23-,24+,25+,26-,27?,28?/m1/s1. The van der Waals surface area contributed by atoms with E-state index in [9.17, 15) is 14.7 Å². The van der Waals surface area contributed by atoms with Crippen LogP contribution in [-0.2, 0) is 38.0 Å². The Bertz CT molecular complexity index is 1070. The summed E-state index contributed by atoms with van der Waals surface area (Å²) in [4.78, 5) is 27.7. The lowest BCUT2D eigenvalue weighted by molar-refractivity contribution is -0.331. The lowest BCUT2D eigenvalue weighted by atomic mass is 9.41. The summed E-state index contributed by atoms with van der Waals surface area (Å²) < 4.78 is 38.4. The minimum atomic E-state index is -1.33. The molecule has 38 heavy (non-hydrogen) atoms. The number of esters is 2. The number of likely N-dealkylation sites (N-methyl/N-ethyl adjacent to an activating group) is 1. The highest BCUT2D eigenvalue weighted by Crippen LogP contribution is 2.83. The molecule has 1 N–H and O–H groups in total. The molecule has 5 unspecified atom stereocenters. The minimum Gasteiger partial charge on any atom is -0.462 e. The second-order valence-electron chi connectivity index (χ2n) is 13.2. The minimum absolute atomic E-state index is 0.00343. The molecule has 0 aromatic carbocycles. The normalized spacial score (nSPS) is 57.4. The molecule has 5 aliphatic carbocycles. The zero-order valence-corrected chi connectivity index (χ0v) is 23.2. The van der Waals surface area contributed by atoms with E-state index in [1.807, 2.05) is 0 Å². The molecule has 0 radical (unpaired) electrons. The molecule has 2 aliphatic heterocycles. The van der Waals surface area contributed by atoms with Crippen molar-refractivity contribution in [2.24, 2.45) is 28.6 Å². The highest BCUT2D eigenvalue weighted by molar-refractivity contribution is 5.67. The third-order valence-electron chi connectivity index (χ3n) is 12.2. The summed E-state index contributed by atoms with van der Waals surface area (Å²) in [6.45, 7) is 8.81. The van der Waals surface area contributed by atoms with E-state index in [-0.39, 0.29) is 48.3 Å². The van der Waals surface area contributed by atoms with Gasteiger partial charge >= 0.3 is 11.9 Å². The number of hydrogen-bond acceptors (Lipinski definition) is 10. The van der Waals surface area contributed by atoms with Gasteiger partial charge in [-0.25, -0.2) is 0 Å². The van der Waals surface area contributed by atoms with E-state index in [0.29, 0.717) is 12.8 Å². The maximum Gasteiger partial charge on any atom is 0.303 e. The average Bonchev–Trinajstić information content (AvgIpc) is 3.39. The summed E-state index contributed by atoms with van der Waals surface area (Å²) >= 11 is 0. The highest BCUT2D eigenvalue weighted by Gasteiger charge is 2.98. The Labute approximate surface area is 223 Å². The summed E-state index contributed by atoms with van der Waals surface area (Å²) in [6.07, 6.45) is 0.595. The smallest absolute Gasteiger partial charge is 0.303 e. The molecule has 13 atom stereocenters. The van der Waals surface area contributed by atoms with Gasteiger partial charge in [0.15, 0.2) is 5.60 Å². The molecule has 7 rings (SSSR count). The van der Waals surface area contributed by atoms with Crippen molar-refractivity contribution in [1.82, 2.24) is 4.90 Å². The van der Waals surface area contributed by atoms with E-state index < -0.39 is 46.3 Å². The number of rotatable bonds is 5. The van der Waals surface area contributed by atoms with Gasteiger partial charge in [-0.05, 0) is 31.2 Å². The van der Waals surface area contributed by atoms with Crippen molar-refractivity contribution in [2.75, 3.05) is 34.1 Å². The van der Waals surface area contributed by atoms with Gasteiger partial charge in [-0.15, -0.1) is 0 Å². The van der Waals surface area contributed by atoms with E-state index in [1.54, 1.807) is 14.2 Å². The van der Waals surface area contributed by atoms with Crippen LogP contribution in [0.5, 0.6) is 0 Å². The average molecular weight is 536 g/mol. The van der Waals surface area contributed by atoms with Gasteiger partial charge in [0.25, 0.3) is 0 Å². The molecule has 2 saturated heterocycles. The van der Waals surface area contributed by atoms with Crippen LogP contribution in [0.2, 0.25) is 0 Å². The Hall–Kier alpha value is -1.30. The third-order valence-corrected chi connectivity index (χ3v) is 12.2. The van der Waals surface area contributed by atoms with Gasteiger partial charge in [-0.2, -0.15) is 0 Å². The van der Waals surface area contributed by atoms with Crippen LogP contribution in [0.3, 0.4) is 0 Å². The number of likely N-dealkylation sites (tertiary alicyclic amines) is 1. The molecule has 7 fully saturated rings. The number of piperidine rings is 1. The van der Waals surface area contributed by atoms with E-state index >= 15 is 0 Å². The van der Waals surface area contributed by atoms with Gasteiger partial charge in [-0.1, -0.05) is 13.8 Å². The molecule has 3 spiro atoms. The Morgan fingerprint density at radius 3 is 2.42 bits per heavy atom. The van der Waals surface area contributed by atoms with Crippen LogP contribution in [-0.4, -0.2) is 103 Å². The van der Waals surface area contributed by atoms with Gasteiger partial charge in [0.05, 0.1) is 35.2 Å². The van der Waals surface area contributed by atoms with Gasteiger partial charge in [0, 0.05) is 52.9 Å². The van der Waals surface area contributed by atoms with Crippen molar-refractivity contribution >= 4 is 11.9 Å². The zero-order chi connectivity index (χ0) is 27.0. The van der Waals surface area contributed by atoms with Gasteiger partial charge in [0.1, 0.15) is 24.6 Å². The van der Waals surface area contributed by atoms with Crippen LogP contribution >= 0.6 is 0 Å². The number of carbonyl (C=O) groups excluding carboxylic acids is 2. The van der Waals surface area contributed by atoms with E-state index in [1.165, 1.54) is 13.8 Å². The molecule has 212 valence electrons. The maximum atomic E-state index is 13.5. The first kappa shape index (κ1) is 25.7. The number of fused-ring (bicyclic) bond motifs is 1. The monoisotopic (exact) mass is 535 g/mol. The number of ether oxygens (including phenoxy) is 6. The second-order valence-corrected chi connectivity index (χ2v) is 13.2. The molecular formula is C28H41NO9. The third kappa shape index (κ3) is 2.42. The van der Waals surface area contributed by atoms with Crippen LogP contribution in [0.25, 0.3) is 0 Å². The van der Waals surface area contributed by atoms with Crippen molar-refractivity contribution in [3.05, 3.63) is 0 Å².